The molecular formula is C27H30O6. The first-order valence-electron chi connectivity index (χ1n) is 10.9. The number of aldehydes is 1. The molecule has 3 aromatic carbocycles. The largest absolute Gasteiger partial charge is 0.388 e. The fourth-order valence-corrected chi connectivity index (χ4v) is 3.39. The minimum atomic E-state index is -1.47. The lowest BCUT2D eigenvalue weighted by molar-refractivity contribution is -0.176. The fourth-order valence-electron chi connectivity index (χ4n) is 3.39. The average Bonchev–Trinajstić information content (AvgIpc) is 2.87. The lowest BCUT2D eigenvalue weighted by Crippen LogP contribution is -2.49. The highest BCUT2D eigenvalue weighted by Gasteiger charge is 2.35. The van der Waals surface area contributed by atoms with Gasteiger partial charge in [-0.25, -0.2) is 0 Å². The molecule has 3 rings (SSSR count). The Morgan fingerprint density at radius 2 is 1.06 bits per heavy atom. The highest BCUT2D eigenvalue weighted by atomic mass is 16.6. The van der Waals surface area contributed by atoms with Gasteiger partial charge in [-0.15, -0.1) is 0 Å². The summed E-state index contributed by atoms with van der Waals surface area (Å²) in [6, 6.07) is 28.5. The summed E-state index contributed by atoms with van der Waals surface area (Å²) >= 11 is 0. The summed E-state index contributed by atoms with van der Waals surface area (Å²) in [5.74, 6) is 0. The quantitative estimate of drug-likeness (QED) is 0.367. The van der Waals surface area contributed by atoms with Gasteiger partial charge in [0.1, 0.15) is 24.4 Å². The number of carbonyl (C=O) groups is 1. The fraction of sp³-hybridized carbons (Fsp3) is 0.296. The van der Waals surface area contributed by atoms with E-state index in [2.05, 4.69) is 0 Å². The second-order valence-electron chi connectivity index (χ2n) is 7.72. The maximum Gasteiger partial charge on any atom is 0.151 e. The number of carbonyl (C=O) groups excluding carboxylic acids is 1. The van der Waals surface area contributed by atoms with E-state index >= 15 is 0 Å². The minimum absolute atomic E-state index is 0.0505. The monoisotopic (exact) mass is 450 g/mol. The molecule has 0 heterocycles. The van der Waals surface area contributed by atoms with E-state index in [1.165, 1.54) is 0 Å². The van der Waals surface area contributed by atoms with E-state index in [1.54, 1.807) is 0 Å². The van der Waals surface area contributed by atoms with Crippen molar-refractivity contribution in [2.75, 3.05) is 6.61 Å². The summed E-state index contributed by atoms with van der Waals surface area (Å²) in [7, 11) is 0. The predicted octanol–water partition coefficient (Wildman–Crippen LogP) is 3.29. The van der Waals surface area contributed by atoms with Crippen molar-refractivity contribution in [1.82, 2.24) is 0 Å². The highest BCUT2D eigenvalue weighted by Crippen LogP contribution is 2.18. The van der Waals surface area contributed by atoms with Crippen LogP contribution in [0.5, 0.6) is 0 Å². The molecule has 0 bridgehead atoms. The Bertz CT molecular complexity index is 919. The number of aliphatic hydroxyl groups is 2. The summed E-state index contributed by atoms with van der Waals surface area (Å²) in [6.07, 6.45) is -4.29. The summed E-state index contributed by atoms with van der Waals surface area (Å²) in [4.78, 5) is 11.5. The van der Waals surface area contributed by atoms with Crippen LogP contribution < -0.4 is 0 Å². The zero-order chi connectivity index (χ0) is 23.3. The van der Waals surface area contributed by atoms with Crippen molar-refractivity contribution >= 4 is 6.29 Å². The maximum absolute atomic E-state index is 11.5. The van der Waals surface area contributed by atoms with Crippen LogP contribution in [0.1, 0.15) is 16.7 Å². The van der Waals surface area contributed by atoms with Crippen molar-refractivity contribution in [2.24, 2.45) is 0 Å². The average molecular weight is 451 g/mol. The van der Waals surface area contributed by atoms with Crippen molar-refractivity contribution in [3.05, 3.63) is 108 Å². The molecule has 0 saturated carbocycles. The van der Waals surface area contributed by atoms with Crippen LogP contribution in [0.2, 0.25) is 0 Å². The molecule has 33 heavy (non-hydrogen) atoms. The molecular weight excluding hydrogens is 420 g/mol. The van der Waals surface area contributed by atoms with Crippen LogP contribution >= 0.6 is 0 Å². The Morgan fingerprint density at radius 1 is 0.636 bits per heavy atom. The van der Waals surface area contributed by atoms with Crippen LogP contribution in [-0.4, -0.2) is 47.5 Å². The van der Waals surface area contributed by atoms with Gasteiger partial charge in [0.2, 0.25) is 0 Å². The summed E-state index contributed by atoms with van der Waals surface area (Å²) < 4.78 is 17.6. The predicted molar refractivity (Wildman–Crippen MR) is 124 cm³/mol. The lowest BCUT2D eigenvalue weighted by Gasteiger charge is -2.32. The Balaban J connectivity index is 1.70. The van der Waals surface area contributed by atoms with Gasteiger partial charge in [-0.2, -0.15) is 0 Å². The zero-order valence-corrected chi connectivity index (χ0v) is 18.4. The Hall–Kier alpha value is -2.87. The van der Waals surface area contributed by atoms with Crippen LogP contribution in [0, 0.1) is 0 Å². The Labute approximate surface area is 194 Å². The summed E-state index contributed by atoms with van der Waals surface area (Å²) in [5, 5.41) is 21.3. The van der Waals surface area contributed by atoms with Gasteiger partial charge < -0.3 is 29.2 Å². The van der Waals surface area contributed by atoms with Crippen LogP contribution in [0.4, 0.5) is 0 Å². The second-order valence-corrected chi connectivity index (χ2v) is 7.72. The molecule has 3 aromatic rings. The van der Waals surface area contributed by atoms with Gasteiger partial charge in [-0.3, -0.25) is 0 Å². The van der Waals surface area contributed by atoms with Crippen molar-refractivity contribution in [3.8, 4) is 0 Å². The standard InChI is InChI=1S/C27H30O6/c28-16-24(29)26(32-18-22-12-6-2-7-13-22)27(33-19-23-14-8-3-9-15-23)25(30)20-31-17-21-10-4-1-5-11-21/h1-16,24-27,29-30H,17-20H2/t24-,25+,26+,27-/m0/s1. The van der Waals surface area contributed by atoms with Gasteiger partial charge >= 0.3 is 0 Å². The van der Waals surface area contributed by atoms with Crippen molar-refractivity contribution in [2.45, 2.75) is 44.2 Å². The van der Waals surface area contributed by atoms with Gasteiger partial charge in [0.25, 0.3) is 0 Å². The van der Waals surface area contributed by atoms with Gasteiger partial charge in [0.15, 0.2) is 6.29 Å². The van der Waals surface area contributed by atoms with Crippen molar-refractivity contribution in [3.63, 3.8) is 0 Å². The summed E-state index contributed by atoms with van der Waals surface area (Å²) in [6.45, 7) is 0.595. The molecule has 0 aliphatic carbocycles. The Morgan fingerprint density at radius 3 is 1.52 bits per heavy atom. The van der Waals surface area contributed by atoms with E-state index in [9.17, 15) is 15.0 Å². The van der Waals surface area contributed by atoms with E-state index in [4.69, 9.17) is 14.2 Å². The van der Waals surface area contributed by atoms with Crippen LogP contribution in [-0.2, 0) is 38.8 Å². The molecule has 0 radical (unpaired) electrons. The first-order chi connectivity index (χ1) is 16.2. The van der Waals surface area contributed by atoms with Crippen LogP contribution in [0.3, 0.4) is 0 Å². The molecule has 0 spiro atoms. The molecule has 2 N–H and O–H groups in total. The van der Waals surface area contributed by atoms with E-state index in [0.717, 1.165) is 16.7 Å². The first kappa shape index (κ1) is 24.8. The normalized spacial score (nSPS) is 14.8. The summed E-state index contributed by atoms with van der Waals surface area (Å²) in [5.41, 5.74) is 2.73. The third-order valence-electron chi connectivity index (χ3n) is 5.15. The minimum Gasteiger partial charge on any atom is -0.388 e. The lowest BCUT2D eigenvalue weighted by atomic mass is 10.0. The Kier molecular flexibility index (Phi) is 10.2. The molecule has 0 aliphatic heterocycles. The molecule has 6 nitrogen and oxygen atoms in total. The van der Waals surface area contributed by atoms with E-state index < -0.39 is 24.4 Å². The van der Waals surface area contributed by atoms with E-state index in [0.29, 0.717) is 12.9 Å². The molecule has 6 heteroatoms. The van der Waals surface area contributed by atoms with Crippen molar-refractivity contribution in [1.29, 1.82) is 0 Å². The van der Waals surface area contributed by atoms with Crippen LogP contribution in [0.25, 0.3) is 0 Å². The van der Waals surface area contributed by atoms with E-state index in [-0.39, 0.29) is 19.8 Å². The van der Waals surface area contributed by atoms with Gasteiger partial charge in [-0.05, 0) is 16.7 Å². The SMILES string of the molecule is O=C[C@H](O)[C@@H](OCc1ccccc1)[C@@H](OCc1ccccc1)[C@H](O)COCc1ccccc1. The van der Waals surface area contributed by atoms with Crippen LogP contribution in [0.15, 0.2) is 91.0 Å². The number of ether oxygens (including phenoxy) is 3. The number of aliphatic hydroxyl groups excluding tert-OH is 2. The maximum atomic E-state index is 11.5. The number of benzene rings is 3. The first-order valence-corrected chi connectivity index (χ1v) is 10.9. The molecule has 0 aromatic heterocycles. The second kappa shape index (κ2) is 13.6. The molecule has 0 fully saturated rings. The molecule has 0 saturated heterocycles. The van der Waals surface area contributed by atoms with Crippen molar-refractivity contribution < 1.29 is 29.2 Å². The number of rotatable bonds is 14. The third kappa shape index (κ3) is 8.20. The number of hydrogen-bond acceptors (Lipinski definition) is 6. The molecule has 0 unspecified atom stereocenters. The van der Waals surface area contributed by atoms with Gasteiger partial charge in [0.05, 0.1) is 26.4 Å². The molecule has 0 amide bonds. The highest BCUT2D eigenvalue weighted by molar-refractivity contribution is 5.56. The van der Waals surface area contributed by atoms with E-state index in [1.807, 2.05) is 91.0 Å². The third-order valence-corrected chi connectivity index (χ3v) is 5.15. The van der Waals surface area contributed by atoms with Gasteiger partial charge in [-0.1, -0.05) is 91.0 Å². The van der Waals surface area contributed by atoms with Gasteiger partial charge in [0, 0.05) is 0 Å². The number of hydrogen-bond donors (Lipinski definition) is 2. The smallest absolute Gasteiger partial charge is 0.151 e. The molecule has 4 atom stereocenters. The molecule has 0 aliphatic rings. The zero-order valence-electron chi connectivity index (χ0n) is 18.4. The topological polar surface area (TPSA) is 85.2 Å². The molecule has 174 valence electrons.